The van der Waals surface area contributed by atoms with Gasteiger partial charge in [-0.15, -0.1) is 0 Å². The molecule has 0 unspecified atom stereocenters. The molecular formula is C16H24N. The molecule has 1 aliphatic rings. The average molecular weight is 230 g/mol. The predicted molar refractivity (Wildman–Crippen MR) is 72.9 cm³/mol. The van der Waals surface area contributed by atoms with E-state index < -0.39 is 0 Å². The van der Waals surface area contributed by atoms with Gasteiger partial charge in [-0.3, -0.25) is 0 Å². The molecule has 17 heavy (non-hydrogen) atoms. The minimum Gasteiger partial charge on any atom is -0.312 e. The normalized spacial score (nSPS) is 15.5. The quantitative estimate of drug-likeness (QED) is 0.755. The van der Waals surface area contributed by atoms with Gasteiger partial charge in [0.05, 0.1) is 0 Å². The second kappa shape index (κ2) is 6.20. The fraction of sp³-hybridized carbons (Fsp3) is 0.625. The Hall–Kier alpha value is -0.820. The maximum Gasteiger partial charge on any atom is 0.0208 e. The van der Waals surface area contributed by atoms with Crippen LogP contribution in [0.4, 0.5) is 0 Å². The second-order valence-electron chi connectivity index (χ2n) is 5.70. The van der Waals surface area contributed by atoms with Crippen molar-refractivity contribution in [1.82, 2.24) is 5.32 Å². The fourth-order valence-electron chi connectivity index (χ4n) is 2.08. The number of hydrogen-bond acceptors (Lipinski definition) is 1. The van der Waals surface area contributed by atoms with Gasteiger partial charge in [0.25, 0.3) is 0 Å². The Balaban J connectivity index is 1.84. The van der Waals surface area contributed by atoms with E-state index in [0.29, 0.717) is 0 Å². The van der Waals surface area contributed by atoms with Crippen molar-refractivity contribution in [3.8, 4) is 0 Å². The monoisotopic (exact) mass is 230 g/mol. The van der Waals surface area contributed by atoms with Crippen LogP contribution < -0.4 is 5.32 Å². The summed E-state index contributed by atoms with van der Waals surface area (Å²) >= 11 is 0. The Labute approximate surface area is 106 Å². The molecule has 1 saturated carbocycles. The van der Waals surface area contributed by atoms with Crippen LogP contribution in [-0.4, -0.2) is 6.54 Å². The summed E-state index contributed by atoms with van der Waals surface area (Å²) in [6.07, 6.45) is 5.33. The number of rotatable bonds is 7. The molecule has 1 fully saturated rings. The first kappa shape index (κ1) is 12.6. The minimum atomic E-state index is 0.784. The molecule has 0 aromatic heterocycles. The number of hydrogen-bond donors (Lipinski definition) is 1. The molecule has 1 heteroatoms. The molecule has 1 aromatic rings. The third-order valence-corrected chi connectivity index (χ3v) is 3.49. The topological polar surface area (TPSA) is 12.0 Å². The molecule has 0 bridgehead atoms. The van der Waals surface area contributed by atoms with Crippen molar-refractivity contribution < 1.29 is 0 Å². The van der Waals surface area contributed by atoms with Gasteiger partial charge >= 0.3 is 0 Å². The van der Waals surface area contributed by atoms with Crippen LogP contribution in [0.5, 0.6) is 0 Å². The number of nitrogens with one attached hydrogen (secondary N) is 1. The van der Waals surface area contributed by atoms with Crippen LogP contribution in [0.2, 0.25) is 0 Å². The molecule has 0 amide bonds. The van der Waals surface area contributed by atoms with Gasteiger partial charge in [-0.2, -0.15) is 0 Å². The summed E-state index contributed by atoms with van der Waals surface area (Å²) in [6.45, 7) is 6.79. The summed E-state index contributed by atoms with van der Waals surface area (Å²) in [6, 6.07) is 9.63. The Morgan fingerprint density at radius 1 is 1.35 bits per heavy atom. The average Bonchev–Trinajstić information content (AvgIpc) is 3.12. The van der Waals surface area contributed by atoms with E-state index in [1.54, 1.807) is 0 Å². The zero-order valence-corrected chi connectivity index (χ0v) is 11.1. The first-order valence-electron chi connectivity index (χ1n) is 6.94. The second-order valence-corrected chi connectivity index (χ2v) is 5.70. The maximum atomic E-state index is 3.57. The fourth-order valence-corrected chi connectivity index (χ4v) is 2.08. The molecule has 0 spiro atoms. The highest BCUT2D eigenvalue weighted by Crippen LogP contribution is 2.27. The summed E-state index contributed by atoms with van der Waals surface area (Å²) in [5.74, 6) is 1.74. The van der Waals surface area contributed by atoms with E-state index in [4.69, 9.17) is 0 Å². The van der Waals surface area contributed by atoms with Crippen molar-refractivity contribution >= 4 is 0 Å². The van der Waals surface area contributed by atoms with Crippen molar-refractivity contribution in [3.63, 3.8) is 0 Å². The molecule has 0 atom stereocenters. The largest absolute Gasteiger partial charge is 0.312 e. The van der Waals surface area contributed by atoms with Gasteiger partial charge in [0.15, 0.2) is 0 Å². The first-order chi connectivity index (χ1) is 8.25. The Morgan fingerprint density at radius 2 is 2.18 bits per heavy atom. The van der Waals surface area contributed by atoms with Gasteiger partial charge in [-0.1, -0.05) is 26.0 Å². The van der Waals surface area contributed by atoms with Gasteiger partial charge in [0.1, 0.15) is 0 Å². The van der Waals surface area contributed by atoms with Gasteiger partial charge in [0.2, 0.25) is 0 Å². The molecule has 2 rings (SSSR count). The van der Waals surface area contributed by atoms with Crippen LogP contribution in [0.1, 0.15) is 44.2 Å². The highest BCUT2D eigenvalue weighted by Gasteiger charge is 2.20. The zero-order valence-electron chi connectivity index (χ0n) is 11.1. The maximum absolute atomic E-state index is 3.57. The van der Waals surface area contributed by atoms with Crippen LogP contribution in [0.15, 0.2) is 18.2 Å². The van der Waals surface area contributed by atoms with E-state index in [2.05, 4.69) is 37.4 Å². The van der Waals surface area contributed by atoms with Crippen molar-refractivity contribution in [2.75, 3.05) is 6.54 Å². The zero-order chi connectivity index (χ0) is 12.1. The van der Waals surface area contributed by atoms with Crippen LogP contribution in [0, 0.1) is 17.9 Å². The van der Waals surface area contributed by atoms with Gasteiger partial charge in [-0.05, 0) is 67.3 Å². The van der Waals surface area contributed by atoms with Crippen molar-refractivity contribution in [2.45, 2.75) is 46.1 Å². The predicted octanol–water partition coefficient (Wildman–Crippen LogP) is 3.57. The van der Waals surface area contributed by atoms with Crippen LogP contribution in [0.25, 0.3) is 0 Å². The molecule has 1 aliphatic carbocycles. The number of aryl methyl sites for hydroxylation is 1. The van der Waals surface area contributed by atoms with E-state index in [1.165, 1.54) is 43.4 Å². The highest BCUT2D eigenvalue weighted by molar-refractivity contribution is 5.26. The van der Waals surface area contributed by atoms with E-state index in [-0.39, 0.29) is 0 Å². The molecule has 1 nitrogen and oxygen atoms in total. The van der Waals surface area contributed by atoms with Crippen molar-refractivity contribution in [3.05, 3.63) is 35.4 Å². The Morgan fingerprint density at radius 3 is 2.88 bits per heavy atom. The molecule has 1 aromatic carbocycles. The van der Waals surface area contributed by atoms with Crippen molar-refractivity contribution in [2.24, 2.45) is 11.8 Å². The smallest absolute Gasteiger partial charge is 0.0208 e. The summed E-state index contributed by atoms with van der Waals surface area (Å²) < 4.78 is 0. The van der Waals surface area contributed by atoms with Crippen LogP contribution in [0.3, 0.4) is 0 Å². The lowest BCUT2D eigenvalue weighted by molar-refractivity contribution is 0.580. The third kappa shape index (κ3) is 4.51. The van der Waals surface area contributed by atoms with Gasteiger partial charge in [-0.25, -0.2) is 0 Å². The van der Waals surface area contributed by atoms with Crippen molar-refractivity contribution in [1.29, 1.82) is 0 Å². The highest BCUT2D eigenvalue weighted by atomic mass is 14.9. The lowest BCUT2D eigenvalue weighted by atomic mass is 9.98. The van der Waals surface area contributed by atoms with E-state index >= 15 is 0 Å². The lowest BCUT2D eigenvalue weighted by Crippen LogP contribution is -2.17. The van der Waals surface area contributed by atoms with E-state index in [0.717, 1.165) is 18.4 Å². The molecule has 1 radical (unpaired) electrons. The molecule has 1 N–H and O–H groups in total. The summed E-state index contributed by atoms with van der Waals surface area (Å²) in [7, 11) is 0. The SMILES string of the molecule is CC(C)CCc1cc[c]cc1CNCC1CC1. The summed E-state index contributed by atoms with van der Waals surface area (Å²) in [5, 5.41) is 3.57. The number of benzene rings is 1. The summed E-state index contributed by atoms with van der Waals surface area (Å²) in [4.78, 5) is 0. The first-order valence-corrected chi connectivity index (χ1v) is 6.94. The van der Waals surface area contributed by atoms with E-state index in [9.17, 15) is 0 Å². The van der Waals surface area contributed by atoms with Gasteiger partial charge < -0.3 is 5.32 Å². The van der Waals surface area contributed by atoms with E-state index in [1.807, 2.05) is 6.07 Å². The van der Waals surface area contributed by atoms with Crippen LogP contribution in [-0.2, 0) is 13.0 Å². The molecule has 0 saturated heterocycles. The van der Waals surface area contributed by atoms with Crippen LogP contribution >= 0.6 is 0 Å². The molecule has 0 heterocycles. The molecular weight excluding hydrogens is 206 g/mol. The molecule has 0 aliphatic heterocycles. The minimum absolute atomic E-state index is 0.784. The summed E-state index contributed by atoms with van der Waals surface area (Å²) in [5.41, 5.74) is 2.94. The third-order valence-electron chi connectivity index (χ3n) is 3.49. The van der Waals surface area contributed by atoms with Gasteiger partial charge in [0, 0.05) is 6.54 Å². The Kier molecular flexibility index (Phi) is 4.61. The Bertz CT molecular complexity index is 339. The lowest BCUT2D eigenvalue weighted by Gasteiger charge is -2.11. The molecule has 93 valence electrons. The standard InChI is InChI=1S/C16H24N/c1-13(2)7-10-15-5-3-4-6-16(15)12-17-11-14-8-9-14/h3,5-6,13-14,17H,7-12H2,1-2H3.